The molecule has 2 aliphatic rings. The van der Waals surface area contributed by atoms with E-state index >= 15 is 0 Å². The highest BCUT2D eigenvalue weighted by Crippen LogP contribution is 2.35. The highest BCUT2D eigenvalue weighted by Gasteiger charge is 2.22. The number of halogens is 3. The predicted molar refractivity (Wildman–Crippen MR) is 139 cm³/mol. The van der Waals surface area contributed by atoms with Crippen molar-refractivity contribution in [3.63, 3.8) is 0 Å². The van der Waals surface area contributed by atoms with Crippen molar-refractivity contribution >= 4 is 45.6 Å². The van der Waals surface area contributed by atoms with Crippen LogP contribution in [-0.4, -0.2) is 72.9 Å². The number of nitrogens with zero attached hydrogens (tertiary/aromatic N) is 3. The van der Waals surface area contributed by atoms with E-state index in [1.165, 1.54) is 30.6 Å². The number of aromatic nitrogens is 2. The molecule has 0 saturated carbocycles. The molecule has 3 aromatic rings. The fourth-order valence-electron chi connectivity index (χ4n) is 4.14. The molecule has 2 aromatic carbocycles. The maximum atomic E-state index is 14.8. The molecule has 0 aliphatic carbocycles. The predicted octanol–water partition coefficient (Wildman–Crippen LogP) is 4.46. The molecule has 2 N–H and O–H groups in total. The van der Waals surface area contributed by atoms with Crippen LogP contribution in [0.1, 0.15) is 6.42 Å². The normalized spacial score (nSPS) is 18.5. The first-order valence-corrected chi connectivity index (χ1v) is 12.6. The van der Waals surface area contributed by atoms with Crippen LogP contribution in [0.15, 0.2) is 48.6 Å². The molecule has 0 radical (unpaired) electrons. The Morgan fingerprint density at radius 1 is 1.18 bits per heavy atom. The molecule has 0 bridgehead atoms. The van der Waals surface area contributed by atoms with Gasteiger partial charge in [0.05, 0.1) is 42.7 Å². The van der Waals surface area contributed by atoms with Crippen LogP contribution in [-0.2, 0) is 14.3 Å². The summed E-state index contributed by atoms with van der Waals surface area (Å²) in [5.74, 6) is -1.64. The minimum absolute atomic E-state index is 0.0462. The summed E-state index contributed by atoms with van der Waals surface area (Å²) in [4.78, 5) is 23.4. The van der Waals surface area contributed by atoms with Gasteiger partial charge in [-0.15, -0.1) is 0 Å². The van der Waals surface area contributed by atoms with E-state index in [1.807, 2.05) is 4.90 Å². The Balaban J connectivity index is 1.43. The number of morpholine rings is 1. The lowest BCUT2D eigenvalue weighted by atomic mass is 10.1. The zero-order valence-corrected chi connectivity index (χ0v) is 21.1. The van der Waals surface area contributed by atoms with E-state index in [-0.39, 0.29) is 16.8 Å². The van der Waals surface area contributed by atoms with Crippen LogP contribution in [0.2, 0.25) is 5.02 Å². The molecular weight excluding hydrogens is 520 g/mol. The number of fused-ring (bicyclic) bond motifs is 1. The number of anilines is 3. The number of hydrogen-bond acceptors (Lipinski definition) is 8. The van der Waals surface area contributed by atoms with E-state index in [4.69, 9.17) is 25.8 Å². The maximum absolute atomic E-state index is 14.8. The number of ether oxygens (including phenoxy) is 3. The van der Waals surface area contributed by atoms with Gasteiger partial charge in [0.25, 0.3) is 5.91 Å². The lowest BCUT2D eigenvalue weighted by molar-refractivity contribution is -0.114. The van der Waals surface area contributed by atoms with Crippen molar-refractivity contribution in [2.24, 2.45) is 0 Å². The van der Waals surface area contributed by atoms with Crippen LogP contribution >= 0.6 is 11.6 Å². The lowest BCUT2D eigenvalue weighted by Gasteiger charge is -2.25. The Bertz CT molecular complexity index is 1350. The fraction of sp³-hybridized carbons (Fsp3) is 0.346. The van der Waals surface area contributed by atoms with Gasteiger partial charge in [-0.1, -0.05) is 11.6 Å². The first-order valence-electron chi connectivity index (χ1n) is 12.2. The van der Waals surface area contributed by atoms with Gasteiger partial charge in [-0.3, -0.25) is 9.69 Å². The number of benzene rings is 2. The van der Waals surface area contributed by atoms with Gasteiger partial charge >= 0.3 is 0 Å². The van der Waals surface area contributed by atoms with Crippen molar-refractivity contribution in [3.8, 4) is 5.75 Å². The van der Waals surface area contributed by atoms with Gasteiger partial charge in [-0.2, -0.15) is 0 Å². The van der Waals surface area contributed by atoms with E-state index in [1.54, 1.807) is 12.1 Å². The van der Waals surface area contributed by atoms with Gasteiger partial charge in [0.1, 0.15) is 29.8 Å². The summed E-state index contributed by atoms with van der Waals surface area (Å²) >= 11 is 5.92. The smallest absolute Gasteiger partial charge is 0.284 e. The maximum Gasteiger partial charge on any atom is 0.284 e. The van der Waals surface area contributed by atoms with E-state index in [2.05, 4.69) is 20.6 Å². The SMILES string of the molecule is O=C(Nc1cc2c(Nc3ccc(F)c(Cl)c3)ncnc2cc1OC1CCOC1)/C(F)=C\CN1CCOCC1. The topological polar surface area (TPSA) is 97.8 Å². The summed E-state index contributed by atoms with van der Waals surface area (Å²) in [5, 5.41) is 6.19. The second-order valence-corrected chi connectivity index (χ2v) is 9.27. The van der Waals surface area contributed by atoms with Gasteiger partial charge in [0.15, 0.2) is 5.83 Å². The summed E-state index contributed by atoms with van der Waals surface area (Å²) in [6.07, 6.45) is 3.08. The molecular formula is C26H26ClF2N5O4. The summed E-state index contributed by atoms with van der Waals surface area (Å²) < 4.78 is 45.2. The Kier molecular flexibility index (Phi) is 8.28. The molecule has 3 heterocycles. The molecule has 38 heavy (non-hydrogen) atoms. The minimum Gasteiger partial charge on any atom is -0.486 e. The Morgan fingerprint density at radius 2 is 2.03 bits per heavy atom. The summed E-state index contributed by atoms with van der Waals surface area (Å²) in [6.45, 7) is 3.76. The van der Waals surface area contributed by atoms with Gasteiger partial charge < -0.3 is 24.8 Å². The average molecular weight is 546 g/mol. The molecule has 5 rings (SSSR count). The van der Waals surface area contributed by atoms with E-state index < -0.39 is 17.6 Å². The van der Waals surface area contributed by atoms with E-state index in [9.17, 15) is 13.6 Å². The number of carbonyl (C=O) groups excluding carboxylic acids is 1. The quantitative estimate of drug-likeness (QED) is 0.401. The summed E-state index contributed by atoms with van der Waals surface area (Å²) in [7, 11) is 0. The second-order valence-electron chi connectivity index (χ2n) is 8.86. The highest BCUT2D eigenvalue weighted by molar-refractivity contribution is 6.31. The first kappa shape index (κ1) is 26.2. The average Bonchev–Trinajstić information content (AvgIpc) is 3.44. The first-order chi connectivity index (χ1) is 18.5. The van der Waals surface area contributed by atoms with Crippen LogP contribution in [0, 0.1) is 5.82 Å². The molecule has 2 fully saturated rings. The third-order valence-corrected chi connectivity index (χ3v) is 6.49. The molecule has 12 heteroatoms. The van der Waals surface area contributed by atoms with Crippen molar-refractivity contribution in [1.29, 1.82) is 0 Å². The Morgan fingerprint density at radius 3 is 2.79 bits per heavy atom. The number of hydrogen-bond donors (Lipinski definition) is 2. The van der Waals surface area contributed by atoms with Gasteiger partial charge in [-0.25, -0.2) is 18.7 Å². The lowest BCUT2D eigenvalue weighted by Crippen LogP contribution is -2.36. The van der Waals surface area contributed by atoms with E-state index in [0.717, 1.165) is 0 Å². The zero-order valence-electron chi connectivity index (χ0n) is 20.4. The third kappa shape index (κ3) is 6.36. The molecule has 0 spiro atoms. The van der Waals surface area contributed by atoms with Crippen molar-refractivity contribution < 1.29 is 27.8 Å². The van der Waals surface area contributed by atoms with Crippen molar-refractivity contribution in [2.75, 3.05) is 56.7 Å². The Labute approximate surface area is 222 Å². The molecule has 1 atom stereocenters. The van der Waals surface area contributed by atoms with E-state index in [0.29, 0.717) is 80.6 Å². The largest absolute Gasteiger partial charge is 0.486 e. The minimum atomic E-state index is -0.907. The molecule has 2 aliphatic heterocycles. The molecule has 1 unspecified atom stereocenters. The van der Waals surface area contributed by atoms with Crippen LogP contribution in [0.5, 0.6) is 5.75 Å². The van der Waals surface area contributed by atoms with Crippen LogP contribution in [0.3, 0.4) is 0 Å². The van der Waals surface area contributed by atoms with Gasteiger partial charge in [-0.05, 0) is 30.3 Å². The molecule has 9 nitrogen and oxygen atoms in total. The van der Waals surface area contributed by atoms with Crippen LogP contribution in [0.25, 0.3) is 10.9 Å². The monoisotopic (exact) mass is 545 g/mol. The van der Waals surface area contributed by atoms with Crippen molar-refractivity contribution in [1.82, 2.24) is 14.9 Å². The summed E-state index contributed by atoms with van der Waals surface area (Å²) in [5.41, 5.74) is 1.27. The number of nitrogens with one attached hydrogen (secondary N) is 2. The van der Waals surface area contributed by atoms with Crippen LogP contribution in [0.4, 0.5) is 26.0 Å². The highest BCUT2D eigenvalue weighted by atomic mass is 35.5. The molecule has 2 saturated heterocycles. The number of amides is 1. The Hall–Kier alpha value is -3.38. The molecule has 200 valence electrons. The molecule has 1 amide bonds. The van der Waals surface area contributed by atoms with Crippen LogP contribution < -0.4 is 15.4 Å². The second kappa shape index (κ2) is 12.0. The van der Waals surface area contributed by atoms with Crippen molar-refractivity contribution in [3.05, 3.63) is 59.4 Å². The third-order valence-electron chi connectivity index (χ3n) is 6.20. The number of rotatable bonds is 8. The fourth-order valence-corrected chi connectivity index (χ4v) is 4.32. The number of carbonyl (C=O) groups is 1. The molecule has 1 aromatic heterocycles. The van der Waals surface area contributed by atoms with Gasteiger partial charge in [0.2, 0.25) is 0 Å². The van der Waals surface area contributed by atoms with Gasteiger partial charge in [0, 0.05) is 43.2 Å². The standard InChI is InChI=1S/C26H26ClF2N5O4/c27-19-11-16(1-2-20(19)28)32-25-18-12-23(33-26(35)21(29)3-5-34-6-9-36-10-7-34)24(13-22(18)30-15-31-25)38-17-4-8-37-14-17/h1-3,11-13,15,17H,4-10,14H2,(H,33,35)(H,30,31,32)/b21-3+. The zero-order chi connectivity index (χ0) is 26.5. The summed E-state index contributed by atoms with van der Waals surface area (Å²) in [6, 6.07) is 7.45. The van der Waals surface area contributed by atoms with Crippen molar-refractivity contribution in [2.45, 2.75) is 12.5 Å².